The summed E-state index contributed by atoms with van der Waals surface area (Å²) in [7, 11) is 3.28. The minimum atomic E-state index is 0.000232. The molecule has 7 heteroatoms. The summed E-state index contributed by atoms with van der Waals surface area (Å²) in [5.74, 6) is 1.48. The van der Waals surface area contributed by atoms with Crippen LogP contribution >= 0.6 is 11.3 Å². The number of benzene rings is 2. The highest BCUT2D eigenvalue weighted by Crippen LogP contribution is 2.28. The van der Waals surface area contributed by atoms with Crippen LogP contribution in [-0.4, -0.2) is 38.2 Å². The molecule has 0 atom stereocenters. The molecule has 0 saturated heterocycles. The second-order valence-corrected chi connectivity index (χ2v) is 7.69. The van der Waals surface area contributed by atoms with Crippen LogP contribution in [0.2, 0.25) is 0 Å². The number of carbonyl (C=O) groups excluding carboxylic acids is 1. The molecule has 1 heterocycles. The van der Waals surface area contributed by atoms with E-state index in [1.54, 1.807) is 25.6 Å². The maximum absolute atomic E-state index is 11.0. The third-order valence-electron chi connectivity index (χ3n) is 4.68. The summed E-state index contributed by atoms with van der Waals surface area (Å²) in [6.45, 7) is 2.97. The van der Waals surface area contributed by atoms with E-state index in [0.29, 0.717) is 6.54 Å². The summed E-state index contributed by atoms with van der Waals surface area (Å²) >= 11 is 1.60. The van der Waals surface area contributed by atoms with Gasteiger partial charge in [-0.15, -0.1) is 11.3 Å². The van der Waals surface area contributed by atoms with Crippen molar-refractivity contribution in [2.75, 3.05) is 32.6 Å². The van der Waals surface area contributed by atoms with Crippen LogP contribution in [0.15, 0.2) is 47.8 Å². The van der Waals surface area contributed by atoms with E-state index in [1.165, 1.54) is 18.1 Å². The Bertz CT molecular complexity index is 970. The lowest BCUT2D eigenvalue weighted by molar-refractivity contribution is -0.118. The molecule has 0 saturated carbocycles. The number of thiazole rings is 1. The number of carbonyl (C=O) groups is 1. The molecular formula is C23H27N3O3S. The number of aromatic nitrogens is 1. The largest absolute Gasteiger partial charge is 0.493 e. The van der Waals surface area contributed by atoms with Crippen LogP contribution in [0, 0.1) is 0 Å². The van der Waals surface area contributed by atoms with E-state index >= 15 is 0 Å². The summed E-state index contributed by atoms with van der Waals surface area (Å²) in [4.78, 5) is 15.6. The first kappa shape index (κ1) is 21.6. The molecule has 2 N–H and O–H groups in total. The first-order valence-electron chi connectivity index (χ1n) is 9.83. The van der Waals surface area contributed by atoms with Crippen LogP contribution in [0.3, 0.4) is 0 Å². The van der Waals surface area contributed by atoms with Gasteiger partial charge in [-0.05, 0) is 36.1 Å². The quantitative estimate of drug-likeness (QED) is 0.510. The van der Waals surface area contributed by atoms with E-state index in [4.69, 9.17) is 14.5 Å². The topological polar surface area (TPSA) is 72.5 Å². The van der Waals surface area contributed by atoms with Gasteiger partial charge in [0.15, 0.2) is 16.6 Å². The van der Waals surface area contributed by atoms with Gasteiger partial charge in [-0.1, -0.05) is 30.3 Å². The highest BCUT2D eigenvalue weighted by molar-refractivity contribution is 7.14. The minimum Gasteiger partial charge on any atom is -0.493 e. The monoisotopic (exact) mass is 425 g/mol. The zero-order valence-corrected chi connectivity index (χ0v) is 18.3. The van der Waals surface area contributed by atoms with E-state index < -0.39 is 0 Å². The molecule has 3 rings (SSSR count). The summed E-state index contributed by atoms with van der Waals surface area (Å²) in [5.41, 5.74) is 4.41. The van der Waals surface area contributed by atoms with Crippen molar-refractivity contribution in [3.05, 3.63) is 59.0 Å². The molecule has 0 aliphatic carbocycles. The number of nitrogens with one attached hydrogen (secondary N) is 2. The van der Waals surface area contributed by atoms with Crippen molar-refractivity contribution < 1.29 is 14.3 Å². The molecule has 3 aromatic rings. The predicted molar refractivity (Wildman–Crippen MR) is 122 cm³/mol. The molecule has 30 heavy (non-hydrogen) atoms. The Morgan fingerprint density at radius 2 is 1.67 bits per heavy atom. The maximum atomic E-state index is 11.0. The predicted octanol–water partition coefficient (Wildman–Crippen LogP) is 4.16. The fourth-order valence-electron chi connectivity index (χ4n) is 3.06. The SMILES string of the molecule is COc1ccc(CCNc2nc(-c3ccc(CCNC(C)=O)cc3)cs2)cc1OC. The first-order chi connectivity index (χ1) is 14.6. The number of hydrogen-bond acceptors (Lipinski definition) is 6. The number of amides is 1. The van der Waals surface area contributed by atoms with Crippen LogP contribution in [0.4, 0.5) is 5.13 Å². The molecule has 6 nitrogen and oxygen atoms in total. The second-order valence-electron chi connectivity index (χ2n) is 6.83. The minimum absolute atomic E-state index is 0.000232. The highest BCUT2D eigenvalue weighted by atomic mass is 32.1. The molecule has 158 valence electrons. The van der Waals surface area contributed by atoms with Gasteiger partial charge < -0.3 is 20.1 Å². The average Bonchev–Trinajstić information content (AvgIpc) is 3.22. The van der Waals surface area contributed by atoms with Crippen LogP contribution < -0.4 is 20.1 Å². The molecule has 0 spiro atoms. The van der Waals surface area contributed by atoms with E-state index in [9.17, 15) is 4.79 Å². The lowest BCUT2D eigenvalue weighted by atomic mass is 10.1. The third-order valence-corrected chi connectivity index (χ3v) is 5.48. The summed E-state index contributed by atoms with van der Waals surface area (Å²) in [6.07, 6.45) is 1.68. The molecule has 0 aliphatic rings. The molecule has 2 aromatic carbocycles. The van der Waals surface area contributed by atoms with E-state index in [1.807, 2.05) is 18.2 Å². The van der Waals surface area contributed by atoms with Gasteiger partial charge >= 0.3 is 0 Å². The number of ether oxygens (including phenoxy) is 2. The Morgan fingerprint density at radius 3 is 2.37 bits per heavy atom. The smallest absolute Gasteiger partial charge is 0.216 e. The Morgan fingerprint density at radius 1 is 0.967 bits per heavy atom. The number of rotatable bonds is 10. The average molecular weight is 426 g/mol. The Balaban J connectivity index is 1.52. The normalized spacial score (nSPS) is 10.5. The van der Waals surface area contributed by atoms with Gasteiger partial charge in [0.2, 0.25) is 5.91 Å². The molecule has 0 unspecified atom stereocenters. The summed E-state index contributed by atoms with van der Waals surface area (Å²) in [5, 5.41) is 9.17. The fourth-order valence-corrected chi connectivity index (χ4v) is 3.81. The molecule has 1 aromatic heterocycles. The molecular weight excluding hydrogens is 398 g/mol. The van der Waals surface area contributed by atoms with Crippen molar-refractivity contribution in [2.24, 2.45) is 0 Å². The van der Waals surface area contributed by atoms with Crippen molar-refractivity contribution in [1.29, 1.82) is 0 Å². The Kier molecular flexibility index (Phi) is 7.68. The van der Waals surface area contributed by atoms with Gasteiger partial charge in [0.1, 0.15) is 0 Å². The number of nitrogens with zero attached hydrogens (tertiary/aromatic N) is 1. The standard InChI is InChI=1S/C23H27N3O3S/c1-16(27)24-12-10-17-4-7-19(8-5-17)20-15-30-23(26-20)25-13-11-18-6-9-21(28-2)22(14-18)29-3/h4-9,14-15H,10-13H2,1-3H3,(H,24,27)(H,25,26). The second kappa shape index (κ2) is 10.6. The van der Waals surface area contributed by atoms with Gasteiger partial charge in [-0.3, -0.25) is 4.79 Å². The number of methoxy groups -OCH3 is 2. The lowest BCUT2D eigenvalue weighted by Crippen LogP contribution is -2.22. The number of hydrogen-bond donors (Lipinski definition) is 2. The molecule has 1 amide bonds. The highest BCUT2D eigenvalue weighted by Gasteiger charge is 2.07. The van der Waals surface area contributed by atoms with Gasteiger partial charge in [-0.25, -0.2) is 4.98 Å². The Labute approximate surface area is 181 Å². The summed E-state index contributed by atoms with van der Waals surface area (Å²) < 4.78 is 10.6. The first-order valence-corrected chi connectivity index (χ1v) is 10.7. The zero-order valence-electron chi connectivity index (χ0n) is 17.5. The Hall–Kier alpha value is -3.06. The zero-order chi connectivity index (χ0) is 21.3. The van der Waals surface area contributed by atoms with E-state index in [0.717, 1.165) is 47.3 Å². The maximum Gasteiger partial charge on any atom is 0.216 e. The summed E-state index contributed by atoms with van der Waals surface area (Å²) in [6, 6.07) is 14.3. The van der Waals surface area contributed by atoms with Crippen LogP contribution in [0.25, 0.3) is 11.3 Å². The lowest BCUT2D eigenvalue weighted by Gasteiger charge is -2.09. The van der Waals surface area contributed by atoms with Crippen molar-refractivity contribution in [3.63, 3.8) is 0 Å². The van der Waals surface area contributed by atoms with Crippen molar-refractivity contribution >= 4 is 22.4 Å². The molecule has 0 fully saturated rings. The van der Waals surface area contributed by atoms with Gasteiger partial charge in [0.05, 0.1) is 19.9 Å². The van der Waals surface area contributed by atoms with Crippen LogP contribution in [-0.2, 0) is 17.6 Å². The van der Waals surface area contributed by atoms with Gasteiger partial charge in [0.25, 0.3) is 0 Å². The fraction of sp³-hybridized carbons (Fsp3) is 0.304. The van der Waals surface area contributed by atoms with Gasteiger partial charge in [-0.2, -0.15) is 0 Å². The van der Waals surface area contributed by atoms with E-state index in [2.05, 4.69) is 40.3 Å². The molecule has 0 aliphatic heterocycles. The third kappa shape index (κ3) is 5.97. The van der Waals surface area contributed by atoms with Crippen molar-refractivity contribution in [1.82, 2.24) is 10.3 Å². The molecule has 0 radical (unpaired) electrons. The van der Waals surface area contributed by atoms with Gasteiger partial charge in [0, 0.05) is 31.0 Å². The van der Waals surface area contributed by atoms with Crippen molar-refractivity contribution in [2.45, 2.75) is 19.8 Å². The molecule has 0 bridgehead atoms. The van der Waals surface area contributed by atoms with Crippen molar-refractivity contribution in [3.8, 4) is 22.8 Å². The van der Waals surface area contributed by atoms with Crippen LogP contribution in [0.5, 0.6) is 11.5 Å². The number of anilines is 1. The van der Waals surface area contributed by atoms with E-state index in [-0.39, 0.29) is 5.91 Å². The van der Waals surface area contributed by atoms with Crippen LogP contribution in [0.1, 0.15) is 18.1 Å².